The van der Waals surface area contributed by atoms with Gasteiger partial charge in [0.15, 0.2) is 0 Å². The van der Waals surface area contributed by atoms with Gasteiger partial charge in [0, 0.05) is 38.1 Å². The summed E-state index contributed by atoms with van der Waals surface area (Å²) in [6.07, 6.45) is 0.649. The van der Waals surface area contributed by atoms with Crippen LogP contribution >= 0.6 is 0 Å². The average molecular weight is 155 g/mol. The molecule has 4 heteroatoms. The van der Waals surface area contributed by atoms with E-state index in [2.05, 4.69) is 16.0 Å². The third-order valence-electron chi connectivity index (χ3n) is 2.23. The largest absolute Gasteiger partial charge is 0.354 e. The molecule has 1 unspecified atom stereocenters. The van der Waals surface area contributed by atoms with Gasteiger partial charge < -0.3 is 16.0 Å². The topological polar surface area (TPSA) is 53.2 Å². The summed E-state index contributed by atoms with van der Waals surface area (Å²) < 4.78 is 0. The van der Waals surface area contributed by atoms with E-state index in [0.717, 1.165) is 19.6 Å². The summed E-state index contributed by atoms with van der Waals surface area (Å²) in [6.45, 7) is 2.89. The highest BCUT2D eigenvalue weighted by Crippen LogP contribution is 2.02. The fourth-order valence-corrected chi connectivity index (χ4v) is 1.46. The first-order chi connectivity index (χ1) is 5.34. The summed E-state index contributed by atoms with van der Waals surface area (Å²) in [4.78, 5) is 10.8. The van der Waals surface area contributed by atoms with Crippen LogP contribution in [0.4, 0.5) is 0 Å². The number of amides is 1. The van der Waals surface area contributed by atoms with Gasteiger partial charge in [0.25, 0.3) is 0 Å². The lowest BCUT2D eigenvalue weighted by molar-refractivity contribution is -0.119. The zero-order chi connectivity index (χ0) is 7.68. The maximum atomic E-state index is 10.8. The molecule has 0 bridgehead atoms. The fraction of sp³-hybridized carbons (Fsp3) is 0.857. The Morgan fingerprint density at radius 2 is 2.09 bits per heavy atom. The molecular weight excluding hydrogens is 142 g/mol. The molecule has 3 N–H and O–H groups in total. The molecule has 1 amide bonds. The Morgan fingerprint density at radius 3 is 2.55 bits per heavy atom. The van der Waals surface area contributed by atoms with Crippen LogP contribution in [0.25, 0.3) is 0 Å². The van der Waals surface area contributed by atoms with Crippen molar-refractivity contribution in [2.75, 3.05) is 19.6 Å². The lowest BCUT2D eigenvalue weighted by Gasteiger charge is -2.30. The highest BCUT2D eigenvalue weighted by atomic mass is 16.1. The van der Waals surface area contributed by atoms with Crippen LogP contribution in [0.1, 0.15) is 6.42 Å². The molecule has 0 aromatic carbocycles. The molecule has 0 aliphatic carbocycles. The maximum Gasteiger partial charge on any atom is 0.221 e. The Bertz CT molecular complexity index is 167. The summed E-state index contributed by atoms with van der Waals surface area (Å²) in [5.74, 6) is 0.176. The van der Waals surface area contributed by atoms with Crippen molar-refractivity contribution in [3.63, 3.8) is 0 Å². The van der Waals surface area contributed by atoms with E-state index in [1.165, 1.54) is 0 Å². The van der Waals surface area contributed by atoms with Crippen molar-refractivity contribution in [3.05, 3.63) is 0 Å². The van der Waals surface area contributed by atoms with E-state index >= 15 is 0 Å². The molecule has 11 heavy (non-hydrogen) atoms. The Hall–Kier alpha value is -0.610. The molecule has 2 saturated heterocycles. The van der Waals surface area contributed by atoms with Crippen molar-refractivity contribution in [2.45, 2.75) is 18.5 Å². The third kappa shape index (κ3) is 1.52. The number of hydrogen-bond acceptors (Lipinski definition) is 3. The summed E-state index contributed by atoms with van der Waals surface area (Å²) >= 11 is 0. The smallest absolute Gasteiger partial charge is 0.221 e. The second-order valence-corrected chi connectivity index (χ2v) is 3.23. The molecule has 0 aromatic rings. The van der Waals surface area contributed by atoms with Crippen LogP contribution in [-0.4, -0.2) is 37.6 Å². The minimum absolute atomic E-state index is 0.176. The van der Waals surface area contributed by atoms with E-state index in [1.54, 1.807) is 0 Å². The predicted octanol–water partition coefficient (Wildman–Crippen LogP) is -1.56. The van der Waals surface area contributed by atoms with Gasteiger partial charge in [-0.05, 0) is 0 Å². The Kier molecular flexibility index (Phi) is 1.79. The van der Waals surface area contributed by atoms with Gasteiger partial charge in [-0.15, -0.1) is 0 Å². The third-order valence-corrected chi connectivity index (χ3v) is 2.23. The van der Waals surface area contributed by atoms with Gasteiger partial charge in [-0.1, -0.05) is 0 Å². The number of carbonyl (C=O) groups excluding carboxylic acids is 1. The molecule has 2 aliphatic heterocycles. The summed E-state index contributed by atoms with van der Waals surface area (Å²) in [5, 5.41) is 9.38. The standard InChI is InChI=1S/C7H13N3O/c11-7-1-5(4-9-7)10-6-2-8-3-6/h5-6,8,10H,1-4H2,(H,9,11). The number of carbonyl (C=O) groups is 1. The molecule has 2 rings (SSSR count). The molecule has 4 nitrogen and oxygen atoms in total. The Morgan fingerprint density at radius 1 is 1.27 bits per heavy atom. The van der Waals surface area contributed by atoms with Crippen LogP contribution in [-0.2, 0) is 4.79 Å². The van der Waals surface area contributed by atoms with Crippen molar-refractivity contribution in [1.82, 2.24) is 16.0 Å². The second kappa shape index (κ2) is 2.79. The molecule has 2 heterocycles. The van der Waals surface area contributed by atoms with Crippen molar-refractivity contribution in [2.24, 2.45) is 0 Å². The van der Waals surface area contributed by atoms with E-state index in [4.69, 9.17) is 0 Å². The van der Waals surface area contributed by atoms with Crippen molar-refractivity contribution >= 4 is 5.91 Å². The number of rotatable bonds is 2. The molecule has 62 valence electrons. The molecular formula is C7H13N3O. The summed E-state index contributed by atoms with van der Waals surface area (Å²) in [6, 6.07) is 0.960. The van der Waals surface area contributed by atoms with Crippen molar-refractivity contribution in [1.29, 1.82) is 0 Å². The minimum Gasteiger partial charge on any atom is -0.354 e. The molecule has 0 saturated carbocycles. The van der Waals surface area contributed by atoms with E-state index < -0.39 is 0 Å². The second-order valence-electron chi connectivity index (χ2n) is 3.23. The van der Waals surface area contributed by atoms with Gasteiger partial charge in [-0.25, -0.2) is 0 Å². The fourth-order valence-electron chi connectivity index (χ4n) is 1.46. The summed E-state index contributed by atoms with van der Waals surface area (Å²) in [7, 11) is 0. The van der Waals surface area contributed by atoms with Crippen LogP contribution in [0.3, 0.4) is 0 Å². The molecule has 1 atom stereocenters. The van der Waals surface area contributed by atoms with Crippen LogP contribution < -0.4 is 16.0 Å². The van der Waals surface area contributed by atoms with E-state index in [0.29, 0.717) is 18.5 Å². The van der Waals surface area contributed by atoms with Gasteiger partial charge >= 0.3 is 0 Å². The molecule has 0 aromatic heterocycles. The average Bonchev–Trinajstić information content (AvgIpc) is 2.27. The number of hydrogen-bond donors (Lipinski definition) is 3. The van der Waals surface area contributed by atoms with Gasteiger partial charge in [0.05, 0.1) is 0 Å². The van der Waals surface area contributed by atoms with Gasteiger partial charge in [-0.2, -0.15) is 0 Å². The van der Waals surface area contributed by atoms with Gasteiger partial charge in [0.2, 0.25) is 5.91 Å². The maximum absolute atomic E-state index is 10.8. The van der Waals surface area contributed by atoms with Gasteiger partial charge in [0.1, 0.15) is 0 Å². The normalized spacial score (nSPS) is 31.6. The molecule has 0 radical (unpaired) electrons. The molecule has 0 spiro atoms. The first kappa shape index (κ1) is 7.06. The molecule has 2 aliphatic rings. The van der Waals surface area contributed by atoms with E-state index in [-0.39, 0.29) is 5.91 Å². The zero-order valence-corrected chi connectivity index (χ0v) is 6.39. The van der Waals surface area contributed by atoms with Crippen LogP contribution in [0.5, 0.6) is 0 Å². The van der Waals surface area contributed by atoms with Crippen LogP contribution in [0.2, 0.25) is 0 Å². The highest BCUT2D eigenvalue weighted by Gasteiger charge is 2.25. The zero-order valence-electron chi connectivity index (χ0n) is 6.39. The number of nitrogens with one attached hydrogen (secondary N) is 3. The molecule has 2 fully saturated rings. The van der Waals surface area contributed by atoms with E-state index in [1.807, 2.05) is 0 Å². The van der Waals surface area contributed by atoms with Crippen molar-refractivity contribution in [3.8, 4) is 0 Å². The minimum atomic E-state index is 0.176. The summed E-state index contributed by atoms with van der Waals surface area (Å²) in [5.41, 5.74) is 0. The SMILES string of the molecule is O=C1CC(NC2CNC2)CN1. The van der Waals surface area contributed by atoms with Crippen LogP contribution in [0.15, 0.2) is 0 Å². The van der Waals surface area contributed by atoms with Crippen molar-refractivity contribution < 1.29 is 4.79 Å². The monoisotopic (exact) mass is 155 g/mol. The quantitative estimate of drug-likeness (QED) is 0.452. The first-order valence-electron chi connectivity index (χ1n) is 4.08. The van der Waals surface area contributed by atoms with Crippen LogP contribution in [0, 0.1) is 0 Å². The highest BCUT2D eigenvalue weighted by molar-refractivity contribution is 5.78. The lowest BCUT2D eigenvalue weighted by Crippen LogP contribution is -2.58. The van der Waals surface area contributed by atoms with Gasteiger partial charge in [-0.3, -0.25) is 4.79 Å². The first-order valence-corrected chi connectivity index (χ1v) is 4.08. The Labute approximate surface area is 65.7 Å². The lowest BCUT2D eigenvalue weighted by atomic mass is 10.1. The Balaban J connectivity index is 1.73. The van der Waals surface area contributed by atoms with E-state index in [9.17, 15) is 4.79 Å². The predicted molar refractivity (Wildman–Crippen MR) is 41.2 cm³/mol.